The maximum atomic E-state index is 12.8. The summed E-state index contributed by atoms with van der Waals surface area (Å²) in [7, 11) is 0. The van der Waals surface area contributed by atoms with E-state index in [1.165, 1.54) is 5.56 Å². The minimum absolute atomic E-state index is 0.177. The van der Waals surface area contributed by atoms with Gasteiger partial charge in [-0.25, -0.2) is 4.79 Å². The summed E-state index contributed by atoms with van der Waals surface area (Å²) in [5.74, 6) is 0.813. The van der Waals surface area contributed by atoms with E-state index >= 15 is 0 Å². The minimum Gasteiger partial charge on any atom is -0.465 e. The Hall–Kier alpha value is -3.32. The monoisotopic (exact) mass is 489 g/mol. The molecule has 0 saturated carbocycles. The van der Waals surface area contributed by atoms with Crippen LogP contribution in [0.4, 0.5) is 4.79 Å². The van der Waals surface area contributed by atoms with Crippen LogP contribution in [-0.2, 0) is 29.1 Å². The third kappa shape index (κ3) is 5.41. The summed E-state index contributed by atoms with van der Waals surface area (Å²) in [4.78, 5) is 14.5. The number of aromatic nitrogens is 2. The number of hydrogen-bond acceptors (Lipinski definition) is 5. The van der Waals surface area contributed by atoms with Crippen LogP contribution in [0.3, 0.4) is 0 Å². The molecule has 1 unspecified atom stereocenters. The molecular formula is C29H35N3O4. The first-order chi connectivity index (χ1) is 17.3. The molecule has 1 fully saturated rings. The van der Waals surface area contributed by atoms with Gasteiger partial charge in [-0.15, -0.1) is 0 Å². The number of nitrogens with zero attached hydrogens (tertiary/aromatic N) is 3. The molecule has 0 aliphatic carbocycles. The topological polar surface area (TPSA) is 65.8 Å². The number of carbonyl (C=O) groups is 1. The molecule has 1 saturated heterocycles. The number of aryl methyl sites for hydroxylation is 1. The van der Waals surface area contributed by atoms with Crippen molar-refractivity contribution < 1.29 is 19.0 Å². The summed E-state index contributed by atoms with van der Waals surface area (Å²) in [5, 5.41) is 4.98. The first kappa shape index (κ1) is 24.4. The quantitative estimate of drug-likeness (QED) is 0.436. The van der Waals surface area contributed by atoms with Gasteiger partial charge in [0.25, 0.3) is 0 Å². The van der Waals surface area contributed by atoms with Crippen molar-refractivity contribution in [1.82, 2.24) is 14.7 Å². The zero-order chi connectivity index (χ0) is 25.3. The van der Waals surface area contributed by atoms with Gasteiger partial charge in [0.05, 0.1) is 37.6 Å². The summed E-state index contributed by atoms with van der Waals surface area (Å²) in [6, 6.07) is 16.5. The van der Waals surface area contributed by atoms with Crippen LogP contribution in [-0.4, -0.2) is 39.3 Å². The Morgan fingerprint density at radius 2 is 1.94 bits per heavy atom. The lowest BCUT2D eigenvalue weighted by atomic mass is 10.0. The largest absolute Gasteiger partial charge is 0.465 e. The number of hydrogen-bond donors (Lipinski definition) is 0. The molecule has 3 heterocycles. The van der Waals surface area contributed by atoms with E-state index in [1.54, 1.807) is 4.90 Å². The average molecular weight is 490 g/mol. The second-order valence-electron chi connectivity index (χ2n) is 10.6. The fraction of sp³-hybridized carbons (Fsp3) is 0.448. The highest BCUT2D eigenvalue weighted by atomic mass is 16.7. The lowest BCUT2D eigenvalue weighted by Gasteiger charge is -2.24. The molecule has 190 valence electrons. The van der Waals surface area contributed by atoms with E-state index in [4.69, 9.17) is 19.3 Å². The van der Waals surface area contributed by atoms with E-state index in [0.717, 1.165) is 59.7 Å². The molecule has 2 aromatic carbocycles. The maximum Gasteiger partial charge on any atom is 0.410 e. The van der Waals surface area contributed by atoms with Gasteiger partial charge in [0.1, 0.15) is 11.4 Å². The van der Waals surface area contributed by atoms with Gasteiger partial charge in [-0.3, -0.25) is 9.58 Å². The van der Waals surface area contributed by atoms with Gasteiger partial charge in [-0.1, -0.05) is 36.4 Å². The molecular weight excluding hydrogens is 454 g/mol. The number of carbonyl (C=O) groups excluding carboxylic acids is 1. The van der Waals surface area contributed by atoms with Crippen LogP contribution in [0, 0.1) is 6.92 Å². The molecule has 36 heavy (non-hydrogen) atoms. The molecule has 2 aliphatic rings. The van der Waals surface area contributed by atoms with E-state index in [-0.39, 0.29) is 12.4 Å². The van der Waals surface area contributed by atoms with Crippen molar-refractivity contribution in [2.75, 3.05) is 6.61 Å². The SMILES string of the molecule is Cc1ccccc1-c1c2c(nn1Cc1cccc(OC3CCCCO3)c1)CN(C(=O)OC(C)(C)C)C2. The van der Waals surface area contributed by atoms with Crippen LogP contribution in [0.1, 0.15) is 62.4 Å². The highest BCUT2D eigenvalue weighted by molar-refractivity contribution is 5.73. The standard InChI is InChI=1S/C29H35N3O4/c1-20-10-5-6-13-23(20)27-24-18-31(28(33)36-29(2,3)4)19-25(24)30-32(27)17-21-11-9-12-22(16-21)35-26-14-7-8-15-34-26/h5-6,9-13,16,26H,7-8,14-15,17-19H2,1-4H3. The molecule has 7 heteroatoms. The van der Waals surface area contributed by atoms with E-state index in [0.29, 0.717) is 19.6 Å². The molecule has 2 aliphatic heterocycles. The Balaban J connectivity index is 1.43. The lowest BCUT2D eigenvalue weighted by Crippen LogP contribution is -2.33. The van der Waals surface area contributed by atoms with Gasteiger partial charge >= 0.3 is 6.09 Å². The molecule has 0 N–H and O–H groups in total. The predicted molar refractivity (Wildman–Crippen MR) is 138 cm³/mol. The molecule has 3 aromatic rings. The van der Waals surface area contributed by atoms with Crippen LogP contribution >= 0.6 is 0 Å². The number of ether oxygens (including phenoxy) is 3. The highest BCUT2D eigenvalue weighted by Gasteiger charge is 2.33. The number of rotatable bonds is 5. The highest BCUT2D eigenvalue weighted by Crippen LogP contribution is 2.35. The van der Waals surface area contributed by atoms with Crippen molar-refractivity contribution in [3.8, 4) is 17.0 Å². The zero-order valence-electron chi connectivity index (χ0n) is 21.6. The Morgan fingerprint density at radius 3 is 2.69 bits per heavy atom. The van der Waals surface area contributed by atoms with Gasteiger partial charge in [-0.2, -0.15) is 5.10 Å². The predicted octanol–water partition coefficient (Wildman–Crippen LogP) is 6.06. The van der Waals surface area contributed by atoms with E-state index in [2.05, 4.69) is 35.9 Å². The van der Waals surface area contributed by atoms with Crippen molar-refractivity contribution in [2.45, 2.75) is 78.5 Å². The van der Waals surface area contributed by atoms with Crippen LogP contribution in [0.25, 0.3) is 11.3 Å². The lowest BCUT2D eigenvalue weighted by molar-refractivity contribution is -0.105. The molecule has 0 radical (unpaired) electrons. The Bertz CT molecular complexity index is 1240. The number of benzene rings is 2. The van der Waals surface area contributed by atoms with Crippen molar-refractivity contribution in [1.29, 1.82) is 0 Å². The molecule has 5 rings (SSSR count). The van der Waals surface area contributed by atoms with Crippen LogP contribution in [0.5, 0.6) is 5.75 Å². The van der Waals surface area contributed by atoms with Gasteiger partial charge in [0, 0.05) is 17.5 Å². The maximum absolute atomic E-state index is 12.8. The van der Waals surface area contributed by atoms with Crippen LogP contribution in [0.15, 0.2) is 48.5 Å². The summed E-state index contributed by atoms with van der Waals surface area (Å²) < 4.78 is 19.5. The fourth-order valence-electron chi connectivity index (χ4n) is 4.83. The normalized spacial score (nSPS) is 17.7. The summed E-state index contributed by atoms with van der Waals surface area (Å²) in [6.45, 7) is 10.0. The smallest absolute Gasteiger partial charge is 0.410 e. The average Bonchev–Trinajstić information content (AvgIpc) is 3.37. The fourth-order valence-corrected chi connectivity index (χ4v) is 4.83. The van der Waals surface area contributed by atoms with Crippen molar-refractivity contribution in [2.24, 2.45) is 0 Å². The Labute approximate surface area is 213 Å². The van der Waals surface area contributed by atoms with Gasteiger partial charge in [0.15, 0.2) is 6.29 Å². The van der Waals surface area contributed by atoms with E-state index in [9.17, 15) is 4.79 Å². The summed E-state index contributed by atoms with van der Waals surface area (Å²) in [6.07, 6.45) is 2.66. The van der Waals surface area contributed by atoms with Gasteiger partial charge in [0.2, 0.25) is 0 Å². The molecule has 7 nitrogen and oxygen atoms in total. The number of amides is 1. The van der Waals surface area contributed by atoms with Crippen molar-refractivity contribution in [3.05, 3.63) is 70.9 Å². The first-order valence-corrected chi connectivity index (χ1v) is 12.8. The van der Waals surface area contributed by atoms with Crippen molar-refractivity contribution >= 4 is 6.09 Å². The minimum atomic E-state index is -0.536. The van der Waals surface area contributed by atoms with Crippen molar-refractivity contribution in [3.63, 3.8) is 0 Å². The van der Waals surface area contributed by atoms with E-state index in [1.807, 2.05) is 45.0 Å². The number of fused-ring (bicyclic) bond motifs is 1. The Morgan fingerprint density at radius 1 is 1.11 bits per heavy atom. The zero-order valence-corrected chi connectivity index (χ0v) is 21.6. The summed E-state index contributed by atoms with van der Waals surface area (Å²) in [5.41, 5.74) is 5.91. The second kappa shape index (κ2) is 9.97. The summed E-state index contributed by atoms with van der Waals surface area (Å²) >= 11 is 0. The Kier molecular flexibility index (Phi) is 6.75. The third-order valence-corrected chi connectivity index (χ3v) is 6.51. The molecule has 0 bridgehead atoms. The molecule has 1 atom stereocenters. The molecule has 1 aromatic heterocycles. The van der Waals surface area contributed by atoms with Gasteiger partial charge < -0.3 is 14.2 Å². The third-order valence-electron chi connectivity index (χ3n) is 6.51. The van der Waals surface area contributed by atoms with Gasteiger partial charge in [-0.05, 0) is 63.8 Å². The van der Waals surface area contributed by atoms with E-state index < -0.39 is 5.60 Å². The van der Waals surface area contributed by atoms with Crippen LogP contribution in [0.2, 0.25) is 0 Å². The molecule has 0 spiro atoms. The van der Waals surface area contributed by atoms with Crippen LogP contribution < -0.4 is 4.74 Å². The second-order valence-corrected chi connectivity index (χ2v) is 10.6. The molecule has 1 amide bonds. The first-order valence-electron chi connectivity index (χ1n) is 12.8.